The highest BCUT2D eigenvalue weighted by Crippen LogP contribution is 2.33. The first kappa shape index (κ1) is 22.8. The van der Waals surface area contributed by atoms with E-state index >= 15 is 0 Å². The lowest BCUT2D eigenvalue weighted by Gasteiger charge is -2.13. The van der Waals surface area contributed by atoms with E-state index in [-0.39, 0.29) is 5.78 Å². The van der Waals surface area contributed by atoms with Crippen molar-refractivity contribution < 1.29 is 14.3 Å². The van der Waals surface area contributed by atoms with Gasteiger partial charge in [-0.2, -0.15) is 0 Å². The second-order valence-electron chi connectivity index (χ2n) is 7.73. The number of Topliss-reactive ketones (excluding diaryl/α,β-unsaturated/α-hetero) is 1. The predicted octanol–water partition coefficient (Wildman–Crippen LogP) is 5.11. The standard InChI is InChI=1S/C24H26ClN5O3/c1-15-28-29-24-23(27-18-13-21(32-2)22(33-3)14-19(18)30(15)24)26-12-6-4-5-7-20(31)16-8-10-17(25)11-9-16/h8-11,13-14H,4-7,12H2,1-3H3,(H,26,27). The third-order valence-electron chi connectivity index (χ3n) is 5.53. The molecule has 0 bridgehead atoms. The minimum absolute atomic E-state index is 0.140. The van der Waals surface area contributed by atoms with Crippen LogP contribution in [0.3, 0.4) is 0 Å². The van der Waals surface area contributed by atoms with Crippen molar-refractivity contribution in [1.29, 1.82) is 0 Å². The van der Waals surface area contributed by atoms with Crippen molar-refractivity contribution in [3.63, 3.8) is 0 Å². The Morgan fingerprint density at radius 3 is 2.48 bits per heavy atom. The molecule has 172 valence electrons. The van der Waals surface area contributed by atoms with Crippen LogP contribution in [0.1, 0.15) is 41.9 Å². The van der Waals surface area contributed by atoms with Crippen LogP contribution in [0.4, 0.5) is 5.82 Å². The Bertz CT molecular complexity index is 1290. The molecule has 0 fully saturated rings. The van der Waals surface area contributed by atoms with Crippen LogP contribution in [0.25, 0.3) is 16.7 Å². The molecule has 0 radical (unpaired) electrons. The lowest BCUT2D eigenvalue weighted by Crippen LogP contribution is -2.07. The molecule has 1 N–H and O–H groups in total. The van der Waals surface area contributed by atoms with E-state index in [1.807, 2.05) is 23.5 Å². The van der Waals surface area contributed by atoms with Gasteiger partial charge in [0.25, 0.3) is 0 Å². The summed E-state index contributed by atoms with van der Waals surface area (Å²) in [4.78, 5) is 17.0. The van der Waals surface area contributed by atoms with Gasteiger partial charge in [-0.1, -0.05) is 18.0 Å². The molecule has 0 unspecified atom stereocenters. The summed E-state index contributed by atoms with van der Waals surface area (Å²) in [6, 6.07) is 10.8. The summed E-state index contributed by atoms with van der Waals surface area (Å²) >= 11 is 5.88. The van der Waals surface area contributed by atoms with Gasteiger partial charge in [-0.25, -0.2) is 4.98 Å². The lowest BCUT2D eigenvalue weighted by molar-refractivity contribution is 0.0979. The number of benzene rings is 2. The molecule has 4 rings (SSSR count). The first-order valence-electron chi connectivity index (χ1n) is 10.8. The Kier molecular flexibility index (Phi) is 6.93. The lowest BCUT2D eigenvalue weighted by atomic mass is 10.0. The quantitative estimate of drug-likeness (QED) is 0.256. The molecule has 4 aromatic rings. The van der Waals surface area contributed by atoms with E-state index in [4.69, 9.17) is 26.1 Å². The number of ether oxygens (including phenoxy) is 2. The van der Waals surface area contributed by atoms with Crippen LogP contribution in [0, 0.1) is 6.92 Å². The Labute approximate surface area is 196 Å². The largest absolute Gasteiger partial charge is 0.493 e. The molecule has 9 heteroatoms. The molecule has 2 aromatic heterocycles. The Hall–Kier alpha value is -3.39. The third-order valence-corrected chi connectivity index (χ3v) is 5.78. The molecular weight excluding hydrogens is 442 g/mol. The number of halogens is 1. The van der Waals surface area contributed by atoms with Crippen molar-refractivity contribution in [3.05, 3.63) is 52.8 Å². The third kappa shape index (κ3) is 4.85. The summed E-state index contributed by atoms with van der Waals surface area (Å²) in [5.41, 5.74) is 2.95. The van der Waals surface area contributed by atoms with Crippen molar-refractivity contribution in [1.82, 2.24) is 19.6 Å². The highest BCUT2D eigenvalue weighted by atomic mass is 35.5. The smallest absolute Gasteiger partial charge is 0.204 e. The molecule has 0 aliphatic rings. The second kappa shape index (κ2) is 10.0. The Morgan fingerprint density at radius 2 is 1.76 bits per heavy atom. The topological polar surface area (TPSA) is 90.6 Å². The number of anilines is 1. The maximum absolute atomic E-state index is 12.3. The van der Waals surface area contributed by atoms with Gasteiger partial charge in [-0.05, 0) is 44.0 Å². The highest BCUT2D eigenvalue weighted by Gasteiger charge is 2.16. The van der Waals surface area contributed by atoms with Crippen LogP contribution < -0.4 is 14.8 Å². The first-order chi connectivity index (χ1) is 16.0. The van der Waals surface area contributed by atoms with Gasteiger partial charge in [0, 0.05) is 35.7 Å². The van der Waals surface area contributed by atoms with Gasteiger partial charge in [0.2, 0.25) is 5.65 Å². The molecule has 0 saturated heterocycles. The van der Waals surface area contributed by atoms with E-state index in [1.54, 1.807) is 38.5 Å². The minimum Gasteiger partial charge on any atom is -0.493 e. The molecule has 0 amide bonds. The SMILES string of the molecule is COc1cc2nc(NCCCCCC(=O)c3ccc(Cl)cc3)c3nnc(C)n3c2cc1OC. The predicted molar refractivity (Wildman–Crippen MR) is 129 cm³/mol. The van der Waals surface area contributed by atoms with Crippen molar-refractivity contribution in [3.8, 4) is 11.5 Å². The maximum Gasteiger partial charge on any atom is 0.204 e. The number of unbranched alkanes of at least 4 members (excludes halogenated alkanes) is 2. The van der Waals surface area contributed by atoms with E-state index in [1.165, 1.54) is 0 Å². The summed E-state index contributed by atoms with van der Waals surface area (Å²) in [7, 11) is 3.20. The number of hydrogen-bond donors (Lipinski definition) is 1. The Balaban J connectivity index is 1.41. The molecule has 2 heterocycles. The number of ketones is 1. The van der Waals surface area contributed by atoms with E-state index in [2.05, 4.69) is 15.5 Å². The number of aryl methyl sites for hydroxylation is 1. The number of hydrogen-bond acceptors (Lipinski definition) is 7. The summed E-state index contributed by atoms with van der Waals surface area (Å²) < 4.78 is 12.8. The van der Waals surface area contributed by atoms with E-state index in [0.29, 0.717) is 46.5 Å². The molecule has 0 saturated carbocycles. The average molecular weight is 468 g/mol. The number of fused-ring (bicyclic) bond motifs is 3. The number of nitrogens with zero attached hydrogens (tertiary/aromatic N) is 4. The van der Waals surface area contributed by atoms with Gasteiger partial charge < -0.3 is 14.8 Å². The molecule has 0 aliphatic carbocycles. The van der Waals surface area contributed by atoms with Gasteiger partial charge in [-0.15, -0.1) is 10.2 Å². The number of aromatic nitrogens is 4. The molecule has 0 atom stereocenters. The molecular formula is C24H26ClN5O3. The van der Waals surface area contributed by atoms with Crippen LogP contribution in [0.5, 0.6) is 11.5 Å². The summed E-state index contributed by atoms with van der Waals surface area (Å²) in [6.07, 6.45) is 3.17. The monoisotopic (exact) mass is 467 g/mol. The average Bonchev–Trinajstić information content (AvgIpc) is 3.22. The molecule has 8 nitrogen and oxygen atoms in total. The summed E-state index contributed by atoms with van der Waals surface area (Å²) in [5, 5.41) is 12.6. The van der Waals surface area contributed by atoms with Gasteiger partial charge >= 0.3 is 0 Å². The van der Waals surface area contributed by atoms with Crippen LogP contribution in [-0.4, -0.2) is 46.1 Å². The van der Waals surface area contributed by atoms with Crippen molar-refractivity contribution in [2.75, 3.05) is 26.1 Å². The number of nitrogens with one attached hydrogen (secondary N) is 1. The maximum atomic E-state index is 12.3. The number of rotatable bonds is 10. The van der Waals surface area contributed by atoms with Crippen LogP contribution in [0.15, 0.2) is 36.4 Å². The molecule has 2 aromatic carbocycles. The molecule has 0 aliphatic heterocycles. The Morgan fingerprint density at radius 1 is 1.03 bits per heavy atom. The number of carbonyl (C=O) groups is 1. The normalized spacial score (nSPS) is 11.2. The summed E-state index contributed by atoms with van der Waals surface area (Å²) in [5.74, 6) is 2.79. The first-order valence-corrected chi connectivity index (χ1v) is 11.2. The van der Waals surface area contributed by atoms with Crippen LogP contribution in [0.2, 0.25) is 5.02 Å². The number of methoxy groups -OCH3 is 2. The zero-order valence-electron chi connectivity index (χ0n) is 18.9. The second-order valence-corrected chi connectivity index (χ2v) is 8.17. The zero-order chi connectivity index (χ0) is 23.4. The highest BCUT2D eigenvalue weighted by molar-refractivity contribution is 6.30. The zero-order valence-corrected chi connectivity index (χ0v) is 19.6. The van der Waals surface area contributed by atoms with Gasteiger partial charge in [0.1, 0.15) is 5.82 Å². The fourth-order valence-electron chi connectivity index (χ4n) is 3.79. The van der Waals surface area contributed by atoms with Crippen molar-refractivity contribution >= 4 is 39.9 Å². The molecule has 0 spiro atoms. The summed E-state index contributed by atoms with van der Waals surface area (Å²) in [6.45, 7) is 2.61. The van der Waals surface area contributed by atoms with Gasteiger partial charge in [0.05, 0.1) is 25.3 Å². The van der Waals surface area contributed by atoms with Crippen LogP contribution in [-0.2, 0) is 0 Å². The van der Waals surface area contributed by atoms with Crippen molar-refractivity contribution in [2.45, 2.75) is 32.6 Å². The van der Waals surface area contributed by atoms with Crippen molar-refractivity contribution in [2.24, 2.45) is 0 Å². The fourth-order valence-corrected chi connectivity index (χ4v) is 3.92. The van der Waals surface area contributed by atoms with E-state index < -0.39 is 0 Å². The minimum atomic E-state index is 0.140. The van der Waals surface area contributed by atoms with Gasteiger partial charge in [-0.3, -0.25) is 9.20 Å². The van der Waals surface area contributed by atoms with E-state index in [9.17, 15) is 4.79 Å². The van der Waals surface area contributed by atoms with Gasteiger partial charge in [0.15, 0.2) is 23.1 Å². The number of carbonyl (C=O) groups excluding carboxylic acids is 1. The fraction of sp³-hybridized carbons (Fsp3) is 0.333. The van der Waals surface area contributed by atoms with E-state index in [0.717, 1.165) is 36.1 Å². The molecule has 33 heavy (non-hydrogen) atoms. The van der Waals surface area contributed by atoms with Crippen LogP contribution >= 0.6 is 11.6 Å².